The van der Waals surface area contributed by atoms with Crippen LogP contribution in [0, 0.1) is 0 Å². The molecule has 0 fully saturated rings. The summed E-state index contributed by atoms with van der Waals surface area (Å²) in [6.45, 7) is 7.31. The molecule has 0 spiro atoms. The lowest BCUT2D eigenvalue weighted by Crippen LogP contribution is -3.12. The minimum absolute atomic E-state index is 0.0678. The fourth-order valence-electron chi connectivity index (χ4n) is 2.20. The Kier molecular flexibility index (Phi) is 8.73. The van der Waals surface area contributed by atoms with E-state index in [4.69, 9.17) is 4.74 Å². The highest BCUT2D eigenvalue weighted by Gasteiger charge is 2.12. The summed E-state index contributed by atoms with van der Waals surface area (Å²) in [7, 11) is -1.83. The fraction of sp³-hybridized carbons (Fsp3) is 0.562. The first-order chi connectivity index (χ1) is 11.4. The van der Waals surface area contributed by atoms with Crippen molar-refractivity contribution in [3.8, 4) is 5.75 Å². The maximum absolute atomic E-state index is 11.9. The fourth-order valence-corrected chi connectivity index (χ4v) is 3.13. The molecule has 8 heteroatoms. The molecule has 1 amide bonds. The second-order valence-corrected chi connectivity index (χ2v) is 7.33. The summed E-state index contributed by atoms with van der Waals surface area (Å²) in [5.74, 6) is 0.219. The summed E-state index contributed by atoms with van der Waals surface area (Å²) in [6, 6.07) is 6.63. The van der Waals surface area contributed by atoms with Gasteiger partial charge < -0.3 is 15.0 Å². The number of amides is 1. The number of benzene rings is 1. The van der Waals surface area contributed by atoms with Gasteiger partial charge in [0.05, 0.1) is 39.0 Å². The quantitative estimate of drug-likeness (QED) is 0.487. The van der Waals surface area contributed by atoms with Crippen molar-refractivity contribution in [2.75, 3.05) is 45.6 Å². The predicted octanol–water partition coefficient (Wildman–Crippen LogP) is -0.731. The van der Waals surface area contributed by atoms with Gasteiger partial charge in [0, 0.05) is 12.1 Å². The number of rotatable bonds is 11. The van der Waals surface area contributed by atoms with Crippen LogP contribution < -0.4 is 19.7 Å². The summed E-state index contributed by atoms with van der Waals surface area (Å²) >= 11 is 0. The Balaban J connectivity index is 2.35. The second-order valence-electron chi connectivity index (χ2n) is 5.40. The van der Waals surface area contributed by atoms with E-state index >= 15 is 0 Å². The molecule has 3 N–H and O–H groups in total. The van der Waals surface area contributed by atoms with Crippen molar-refractivity contribution in [3.05, 3.63) is 29.8 Å². The van der Waals surface area contributed by atoms with E-state index in [0.29, 0.717) is 17.9 Å². The maximum Gasteiger partial charge on any atom is 0.251 e. The average molecular weight is 358 g/mol. The van der Waals surface area contributed by atoms with E-state index in [2.05, 4.69) is 23.9 Å². The third kappa shape index (κ3) is 7.29. The Bertz CT molecular complexity index is 598. The highest BCUT2D eigenvalue weighted by molar-refractivity contribution is 7.89. The van der Waals surface area contributed by atoms with Crippen LogP contribution in [0.2, 0.25) is 0 Å². The van der Waals surface area contributed by atoms with Gasteiger partial charge in [-0.1, -0.05) is 0 Å². The number of quaternary nitrogens is 1. The van der Waals surface area contributed by atoms with Crippen molar-refractivity contribution in [2.45, 2.75) is 13.8 Å². The molecular formula is C16H28N3O4S+. The van der Waals surface area contributed by atoms with Crippen LogP contribution in [0.3, 0.4) is 0 Å². The van der Waals surface area contributed by atoms with Crippen LogP contribution in [0.5, 0.6) is 5.75 Å². The molecule has 1 aromatic rings. The lowest BCUT2D eigenvalue weighted by atomic mass is 10.2. The van der Waals surface area contributed by atoms with Crippen molar-refractivity contribution in [1.29, 1.82) is 0 Å². The lowest BCUT2D eigenvalue weighted by Gasteiger charge is -2.15. The van der Waals surface area contributed by atoms with Crippen molar-refractivity contribution < 1.29 is 22.8 Å². The highest BCUT2D eigenvalue weighted by atomic mass is 32.2. The number of likely N-dealkylation sites (N-methyl/N-ethyl adjacent to an activating group) is 1. The Labute approximate surface area is 144 Å². The minimum Gasteiger partial charge on any atom is -0.497 e. The number of carbonyl (C=O) groups excluding carboxylic acids is 1. The van der Waals surface area contributed by atoms with Crippen molar-refractivity contribution in [3.63, 3.8) is 0 Å². The van der Waals surface area contributed by atoms with Crippen LogP contribution in [0.1, 0.15) is 24.2 Å². The summed E-state index contributed by atoms with van der Waals surface area (Å²) in [4.78, 5) is 13.3. The predicted molar refractivity (Wildman–Crippen MR) is 94.0 cm³/mol. The van der Waals surface area contributed by atoms with E-state index in [-0.39, 0.29) is 18.2 Å². The van der Waals surface area contributed by atoms with E-state index in [1.165, 1.54) is 4.90 Å². The molecule has 0 aliphatic heterocycles. The number of hydrogen-bond acceptors (Lipinski definition) is 4. The molecule has 0 aromatic heterocycles. The van der Waals surface area contributed by atoms with Gasteiger partial charge in [0.1, 0.15) is 5.75 Å². The molecule has 0 bridgehead atoms. The molecule has 0 radical (unpaired) electrons. The van der Waals surface area contributed by atoms with Crippen molar-refractivity contribution in [2.24, 2.45) is 0 Å². The molecule has 0 atom stereocenters. The van der Waals surface area contributed by atoms with E-state index in [9.17, 15) is 13.2 Å². The molecular weight excluding hydrogens is 330 g/mol. The van der Waals surface area contributed by atoms with Gasteiger partial charge in [-0.05, 0) is 38.1 Å². The van der Waals surface area contributed by atoms with Gasteiger partial charge in [-0.15, -0.1) is 0 Å². The van der Waals surface area contributed by atoms with Crippen LogP contribution >= 0.6 is 0 Å². The average Bonchev–Trinajstić information content (AvgIpc) is 2.58. The first-order valence-corrected chi connectivity index (χ1v) is 9.80. The summed E-state index contributed by atoms with van der Waals surface area (Å²) in [5, 5.41) is 2.61. The topological polar surface area (TPSA) is 88.9 Å². The Morgan fingerprint density at radius 3 is 2.29 bits per heavy atom. The standard InChI is InChI=1S/C16H27N3O4S/c1-4-19(5-2)12-10-18-24(21,22)13-11-17-16(20)14-6-8-15(23-3)9-7-14/h6-9,18H,4-5,10-13H2,1-3H3,(H,17,20)/p+1. The zero-order chi connectivity index (χ0) is 18.0. The normalized spacial score (nSPS) is 11.5. The van der Waals surface area contributed by atoms with Crippen molar-refractivity contribution >= 4 is 15.9 Å². The molecule has 1 aromatic carbocycles. The summed E-state index contributed by atoms with van der Waals surface area (Å²) in [6.07, 6.45) is 0. The molecule has 0 aliphatic carbocycles. The van der Waals surface area contributed by atoms with E-state index in [0.717, 1.165) is 19.6 Å². The number of sulfonamides is 1. The second kappa shape index (κ2) is 10.3. The number of nitrogens with one attached hydrogen (secondary N) is 3. The van der Waals surface area contributed by atoms with Crippen LogP contribution in [-0.2, 0) is 10.0 Å². The number of hydrogen-bond donors (Lipinski definition) is 3. The van der Waals surface area contributed by atoms with Gasteiger partial charge in [-0.2, -0.15) is 0 Å². The van der Waals surface area contributed by atoms with Crippen LogP contribution in [0.4, 0.5) is 0 Å². The maximum atomic E-state index is 11.9. The number of ether oxygens (including phenoxy) is 1. The third-order valence-electron chi connectivity index (χ3n) is 3.81. The molecule has 0 aliphatic rings. The Hall–Kier alpha value is -1.64. The zero-order valence-electron chi connectivity index (χ0n) is 14.6. The molecule has 136 valence electrons. The summed E-state index contributed by atoms with van der Waals surface area (Å²) < 4.78 is 31.4. The lowest BCUT2D eigenvalue weighted by molar-refractivity contribution is -0.895. The monoisotopic (exact) mass is 358 g/mol. The zero-order valence-corrected chi connectivity index (χ0v) is 15.4. The minimum atomic E-state index is -3.38. The van der Waals surface area contributed by atoms with Crippen LogP contribution in [-0.4, -0.2) is 59.9 Å². The Morgan fingerprint density at radius 1 is 1.12 bits per heavy atom. The van der Waals surface area contributed by atoms with E-state index in [1.54, 1.807) is 31.4 Å². The van der Waals surface area contributed by atoms with Gasteiger partial charge in [-0.25, -0.2) is 13.1 Å². The largest absolute Gasteiger partial charge is 0.497 e. The number of carbonyl (C=O) groups is 1. The van der Waals surface area contributed by atoms with Gasteiger partial charge >= 0.3 is 0 Å². The molecule has 0 unspecified atom stereocenters. The first-order valence-electron chi connectivity index (χ1n) is 8.15. The summed E-state index contributed by atoms with van der Waals surface area (Å²) in [5.41, 5.74) is 0.464. The molecule has 1 rings (SSSR count). The van der Waals surface area contributed by atoms with Crippen LogP contribution in [0.15, 0.2) is 24.3 Å². The van der Waals surface area contributed by atoms with E-state index in [1.807, 2.05) is 0 Å². The van der Waals surface area contributed by atoms with Gasteiger partial charge in [0.2, 0.25) is 10.0 Å². The molecule has 0 saturated heterocycles. The molecule has 0 heterocycles. The molecule has 7 nitrogen and oxygen atoms in total. The van der Waals surface area contributed by atoms with Gasteiger partial charge in [-0.3, -0.25) is 4.79 Å². The van der Waals surface area contributed by atoms with Crippen molar-refractivity contribution in [1.82, 2.24) is 10.0 Å². The van der Waals surface area contributed by atoms with Crippen LogP contribution in [0.25, 0.3) is 0 Å². The van der Waals surface area contributed by atoms with Gasteiger partial charge in [0.15, 0.2) is 0 Å². The first kappa shape index (κ1) is 20.4. The van der Waals surface area contributed by atoms with E-state index < -0.39 is 10.0 Å². The smallest absolute Gasteiger partial charge is 0.251 e. The third-order valence-corrected chi connectivity index (χ3v) is 5.19. The SMILES string of the molecule is CC[NH+](CC)CCNS(=O)(=O)CCNC(=O)c1ccc(OC)cc1. The highest BCUT2D eigenvalue weighted by Crippen LogP contribution is 2.10. The van der Waals surface area contributed by atoms with Gasteiger partial charge in [0.25, 0.3) is 5.91 Å². The molecule has 0 saturated carbocycles. The number of methoxy groups -OCH3 is 1. The Morgan fingerprint density at radius 2 is 1.75 bits per heavy atom. The molecule has 24 heavy (non-hydrogen) atoms.